The molecule has 0 radical (unpaired) electrons. The molecule has 0 amide bonds. The van der Waals surface area contributed by atoms with Crippen molar-refractivity contribution in [3.63, 3.8) is 0 Å². The minimum atomic E-state index is 0.136. The van der Waals surface area contributed by atoms with Gasteiger partial charge >= 0.3 is 0 Å². The molecule has 1 aliphatic rings. The molecule has 1 atom stereocenters. The maximum atomic E-state index is 6.19. The summed E-state index contributed by atoms with van der Waals surface area (Å²) in [6, 6.07) is 6.31. The number of hydrogen-bond donors (Lipinski definition) is 2. The molecule has 1 unspecified atom stereocenters. The molecule has 6 nitrogen and oxygen atoms in total. The van der Waals surface area contributed by atoms with Gasteiger partial charge in [-0.15, -0.1) is 11.3 Å². The van der Waals surface area contributed by atoms with Crippen LogP contribution in [0, 0.1) is 6.92 Å². The third-order valence-electron chi connectivity index (χ3n) is 4.73. The fourth-order valence-corrected chi connectivity index (χ4v) is 3.91. The van der Waals surface area contributed by atoms with Crippen LogP contribution in [0.3, 0.4) is 0 Å². The monoisotopic (exact) mass is 416 g/mol. The largest absolute Gasteiger partial charge is 0.488 e. The number of aromatic nitrogens is 1. The highest BCUT2D eigenvalue weighted by Gasteiger charge is 2.18. The molecule has 1 aliphatic heterocycles. The van der Waals surface area contributed by atoms with Gasteiger partial charge in [-0.25, -0.2) is 9.98 Å². The lowest BCUT2D eigenvalue weighted by Crippen LogP contribution is -2.38. The maximum absolute atomic E-state index is 6.19. The second kappa shape index (κ2) is 11.2. The van der Waals surface area contributed by atoms with Crippen molar-refractivity contribution in [2.45, 2.75) is 52.7 Å². The van der Waals surface area contributed by atoms with Crippen molar-refractivity contribution >= 4 is 17.3 Å². The second-order valence-electron chi connectivity index (χ2n) is 7.17. The van der Waals surface area contributed by atoms with E-state index >= 15 is 0 Å². The average Bonchev–Trinajstić information content (AvgIpc) is 3.39. The first-order chi connectivity index (χ1) is 14.2. The average molecular weight is 417 g/mol. The fraction of sp³-hybridized carbons (Fsp3) is 0.545. The molecule has 0 bridgehead atoms. The van der Waals surface area contributed by atoms with Gasteiger partial charge in [-0.1, -0.05) is 19.1 Å². The van der Waals surface area contributed by atoms with Crippen LogP contribution < -0.4 is 15.4 Å². The van der Waals surface area contributed by atoms with Crippen molar-refractivity contribution in [2.24, 2.45) is 4.99 Å². The Hall–Kier alpha value is -2.12. The summed E-state index contributed by atoms with van der Waals surface area (Å²) in [7, 11) is 0. The van der Waals surface area contributed by atoms with E-state index in [4.69, 9.17) is 14.5 Å². The molecule has 1 aromatic heterocycles. The van der Waals surface area contributed by atoms with Crippen LogP contribution in [-0.4, -0.2) is 43.4 Å². The van der Waals surface area contributed by atoms with Gasteiger partial charge in [-0.05, 0) is 31.9 Å². The zero-order valence-electron chi connectivity index (χ0n) is 17.7. The predicted molar refractivity (Wildman–Crippen MR) is 119 cm³/mol. The standard InChI is InChI=1S/C22H32N4O2S/c1-4-21-26-18(15-29-21)8-10-24-22(23-5-2)25-13-17-7-6-16(3)12-20(17)28-19-9-11-27-14-19/h6-7,12,15,19H,4-5,8-11,13-14H2,1-3H3,(H2,23,24,25). The molecule has 2 heterocycles. The lowest BCUT2D eigenvalue weighted by Gasteiger charge is -2.16. The minimum Gasteiger partial charge on any atom is -0.488 e. The van der Waals surface area contributed by atoms with E-state index in [-0.39, 0.29) is 6.10 Å². The number of rotatable bonds is 9. The smallest absolute Gasteiger partial charge is 0.191 e. The third kappa shape index (κ3) is 6.72. The molecule has 1 saturated heterocycles. The van der Waals surface area contributed by atoms with Gasteiger partial charge in [0.25, 0.3) is 0 Å². The molecule has 0 saturated carbocycles. The van der Waals surface area contributed by atoms with Crippen molar-refractivity contribution in [3.8, 4) is 5.75 Å². The van der Waals surface area contributed by atoms with Gasteiger partial charge in [-0.3, -0.25) is 0 Å². The number of benzene rings is 1. The van der Waals surface area contributed by atoms with Crippen LogP contribution in [0.2, 0.25) is 0 Å². The van der Waals surface area contributed by atoms with Crippen LogP contribution in [0.25, 0.3) is 0 Å². The van der Waals surface area contributed by atoms with E-state index in [0.717, 1.165) is 61.9 Å². The zero-order valence-corrected chi connectivity index (χ0v) is 18.5. The first-order valence-electron chi connectivity index (χ1n) is 10.5. The Morgan fingerprint density at radius 2 is 2.24 bits per heavy atom. The van der Waals surface area contributed by atoms with Gasteiger partial charge in [0.05, 0.1) is 30.5 Å². The van der Waals surface area contributed by atoms with Crippen LogP contribution in [-0.2, 0) is 24.1 Å². The van der Waals surface area contributed by atoms with Gasteiger partial charge in [0.15, 0.2) is 5.96 Å². The summed E-state index contributed by atoms with van der Waals surface area (Å²) in [5.41, 5.74) is 3.42. The minimum absolute atomic E-state index is 0.136. The molecule has 29 heavy (non-hydrogen) atoms. The van der Waals surface area contributed by atoms with Gasteiger partial charge in [-0.2, -0.15) is 0 Å². The van der Waals surface area contributed by atoms with E-state index in [9.17, 15) is 0 Å². The molecule has 2 aromatic rings. The molecule has 0 spiro atoms. The summed E-state index contributed by atoms with van der Waals surface area (Å²) >= 11 is 1.73. The van der Waals surface area contributed by atoms with Crippen LogP contribution in [0.5, 0.6) is 5.75 Å². The van der Waals surface area contributed by atoms with Crippen LogP contribution in [0.1, 0.15) is 42.1 Å². The van der Waals surface area contributed by atoms with Crippen molar-refractivity contribution in [2.75, 3.05) is 26.3 Å². The van der Waals surface area contributed by atoms with Crippen molar-refractivity contribution in [3.05, 3.63) is 45.4 Å². The van der Waals surface area contributed by atoms with Crippen molar-refractivity contribution < 1.29 is 9.47 Å². The lowest BCUT2D eigenvalue weighted by atomic mass is 10.1. The number of ether oxygens (including phenoxy) is 2. The highest BCUT2D eigenvalue weighted by molar-refractivity contribution is 7.09. The SMILES string of the molecule is CCNC(=NCc1ccc(C)cc1OC1CCOC1)NCCc1csc(CC)n1. The van der Waals surface area contributed by atoms with E-state index in [1.54, 1.807) is 11.3 Å². The first-order valence-corrected chi connectivity index (χ1v) is 11.3. The summed E-state index contributed by atoms with van der Waals surface area (Å²) in [5, 5.41) is 10.1. The molecule has 1 aromatic carbocycles. The molecular formula is C22H32N4O2S. The molecule has 0 aliphatic carbocycles. The van der Waals surface area contributed by atoms with Crippen molar-refractivity contribution in [1.82, 2.24) is 15.6 Å². The van der Waals surface area contributed by atoms with Crippen molar-refractivity contribution in [1.29, 1.82) is 0 Å². The van der Waals surface area contributed by atoms with Crippen LogP contribution >= 0.6 is 11.3 Å². The quantitative estimate of drug-likeness (QED) is 0.484. The van der Waals surface area contributed by atoms with Gasteiger partial charge < -0.3 is 20.1 Å². The van der Waals surface area contributed by atoms with E-state index in [0.29, 0.717) is 13.2 Å². The summed E-state index contributed by atoms with van der Waals surface area (Å²) in [5.74, 6) is 1.73. The van der Waals surface area contributed by atoms with Gasteiger partial charge in [0.1, 0.15) is 11.9 Å². The number of thiazole rings is 1. The Kier molecular flexibility index (Phi) is 8.31. The third-order valence-corrected chi connectivity index (χ3v) is 5.77. The first kappa shape index (κ1) is 21.6. The highest BCUT2D eigenvalue weighted by atomic mass is 32.1. The molecule has 158 valence electrons. The molecule has 7 heteroatoms. The van der Waals surface area contributed by atoms with E-state index in [2.05, 4.69) is 60.0 Å². The summed E-state index contributed by atoms with van der Waals surface area (Å²) in [6.07, 6.45) is 2.96. The highest BCUT2D eigenvalue weighted by Crippen LogP contribution is 2.24. The Labute approximate surface area is 177 Å². The number of nitrogens with one attached hydrogen (secondary N) is 2. The number of aliphatic imine (C=N–C) groups is 1. The Morgan fingerprint density at radius 3 is 2.97 bits per heavy atom. The van der Waals surface area contributed by atoms with Gasteiger partial charge in [0.2, 0.25) is 0 Å². The summed E-state index contributed by atoms with van der Waals surface area (Å²) in [4.78, 5) is 9.39. The Morgan fingerprint density at radius 1 is 1.34 bits per heavy atom. The molecular weight excluding hydrogens is 384 g/mol. The molecule has 2 N–H and O–H groups in total. The van der Waals surface area contributed by atoms with E-state index in [1.807, 2.05) is 0 Å². The summed E-state index contributed by atoms with van der Waals surface area (Å²) in [6.45, 7) is 9.92. The second-order valence-corrected chi connectivity index (χ2v) is 8.12. The lowest BCUT2D eigenvalue weighted by molar-refractivity contribution is 0.140. The van der Waals surface area contributed by atoms with E-state index < -0.39 is 0 Å². The number of nitrogens with zero attached hydrogens (tertiary/aromatic N) is 2. The molecule has 3 rings (SSSR count). The van der Waals surface area contributed by atoms with Gasteiger partial charge in [0, 0.05) is 36.9 Å². The number of hydrogen-bond acceptors (Lipinski definition) is 5. The normalized spacial score (nSPS) is 16.8. The maximum Gasteiger partial charge on any atom is 0.191 e. The molecule has 1 fully saturated rings. The Bertz CT molecular complexity index is 800. The summed E-state index contributed by atoms with van der Waals surface area (Å²) < 4.78 is 11.6. The number of guanidine groups is 1. The number of aryl methyl sites for hydroxylation is 2. The topological polar surface area (TPSA) is 67.8 Å². The predicted octanol–water partition coefficient (Wildman–Crippen LogP) is 3.48. The zero-order chi connectivity index (χ0) is 20.5. The fourth-order valence-electron chi connectivity index (χ4n) is 3.13. The van der Waals surface area contributed by atoms with Crippen LogP contribution in [0.15, 0.2) is 28.6 Å². The van der Waals surface area contributed by atoms with Crippen LogP contribution in [0.4, 0.5) is 0 Å². The van der Waals surface area contributed by atoms with E-state index in [1.165, 1.54) is 10.6 Å². The Balaban J connectivity index is 1.59.